The standard InChI is InChI=1S/C31H42N2O2S/c1-18(2)25-14-21(6)28(22(7)15-25)30(32)31(29-23(8)16-26(19(3)4)17-24(29)9)33-36(34,35)27-12-10-20(5)11-13-27/h10-19,30-31,33H,32H2,1-9H3/t30-,31-/m0/s1. The molecule has 0 aromatic heterocycles. The number of aryl methyl sites for hydroxylation is 5. The SMILES string of the molecule is Cc1ccc(S(=O)(=O)N[C@@H](c2c(C)cc(C(C)C)cc2C)[C@@H](N)c2c(C)cc(C(C)C)cc2C)cc1. The van der Waals surface area contributed by atoms with Crippen molar-refractivity contribution in [3.05, 3.63) is 98.6 Å². The number of benzene rings is 3. The van der Waals surface area contributed by atoms with Crippen molar-refractivity contribution in [1.82, 2.24) is 4.72 Å². The predicted molar refractivity (Wildman–Crippen MR) is 151 cm³/mol. The molecule has 36 heavy (non-hydrogen) atoms. The molecule has 4 nitrogen and oxygen atoms in total. The van der Waals surface area contributed by atoms with Crippen LogP contribution >= 0.6 is 0 Å². The van der Waals surface area contributed by atoms with Gasteiger partial charge in [0.1, 0.15) is 0 Å². The van der Waals surface area contributed by atoms with Gasteiger partial charge in [0.25, 0.3) is 0 Å². The maximum Gasteiger partial charge on any atom is 0.241 e. The fraction of sp³-hybridized carbons (Fsp3) is 0.419. The van der Waals surface area contributed by atoms with E-state index in [0.717, 1.165) is 38.9 Å². The van der Waals surface area contributed by atoms with Crippen LogP contribution < -0.4 is 10.5 Å². The Bertz CT molecular complexity index is 1290. The average molecular weight is 507 g/mol. The predicted octanol–water partition coefficient (Wildman–Crippen LogP) is 7.20. The summed E-state index contributed by atoms with van der Waals surface area (Å²) in [5.41, 5.74) is 16.7. The molecule has 0 saturated carbocycles. The Hall–Kier alpha value is -2.47. The summed E-state index contributed by atoms with van der Waals surface area (Å²) in [5, 5.41) is 0. The third-order valence-electron chi connectivity index (χ3n) is 7.18. The Balaban J connectivity index is 2.20. The van der Waals surface area contributed by atoms with Crippen LogP contribution in [0, 0.1) is 34.6 Å². The molecule has 0 unspecified atom stereocenters. The number of nitrogens with one attached hydrogen (secondary N) is 1. The highest BCUT2D eigenvalue weighted by Crippen LogP contribution is 2.37. The van der Waals surface area contributed by atoms with Gasteiger partial charge in [-0.05, 0) is 103 Å². The summed E-state index contributed by atoms with van der Waals surface area (Å²) < 4.78 is 30.2. The van der Waals surface area contributed by atoms with Crippen molar-refractivity contribution in [2.45, 2.75) is 91.1 Å². The first-order valence-corrected chi connectivity index (χ1v) is 14.3. The van der Waals surface area contributed by atoms with E-state index in [0.29, 0.717) is 11.8 Å². The molecule has 194 valence electrons. The summed E-state index contributed by atoms with van der Waals surface area (Å²) in [5.74, 6) is 0.775. The molecule has 3 N–H and O–H groups in total. The largest absolute Gasteiger partial charge is 0.322 e. The highest BCUT2D eigenvalue weighted by molar-refractivity contribution is 7.89. The zero-order valence-electron chi connectivity index (χ0n) is 23.2. The Kier molecular flexibility index (Phi) is 8.49. The molecule has 0 saturated heterocycles. The zero-order chi connectivity index (χ0) is 26.9. The minimum absolute atomic E-state index is 0.239. The van der Waals surface area contributed by atoms with E-state index in [9.17, 15) is 8.42 Å². The fourth-order valence-corrected chi connectivity index (χ4v) is 6.36. The molecule has 0 aliphatic carbocycles. The molecule has 2 atom stereocenters. The Morgan fingerprint density at radius 2 is 1.06 bits per heavy atom. The van der Waals surface area contributed by atoms with E-state index in [-0.39, 0.29) is 4.90 Å². The molecular formula is C31H42N2O2S. The molecule has 5 heteroatoms. The van der Waals surface area contributed by atoms with Crippen LogP contribution in [0.4, 0.5) is 0 Å². The number of sulfonamides is 1. The van der Waals surface area contributed by atoms with Crippen molar-refractivity contribution < 1.29 is 8.42 Å². The van der Waals surface area contributed by atoms with Crippen LogP contribution in [-0.2, 0) is 10.0 Å². The molecule has 0 amide bonds. The van der Waals surface area contributed by atoms with Gasteiger partial charge >= 0.3 is 0 Å². The molecule has 0 aliphatic rings. The second-order valence-electron chi connectivity index (χ2n) is 10.9. The van der Waals surface area contributed by atoms with E-state index in [1.54, 1.807) is 12.1 Å². The van der Waals surface area contributed by atoms with Gasteiger partial charge in [0.15, 0.2) is 0 Å². The molecule has 0 bridgehead atoms. The van der Waals surface area contributed by atoms with E-state index >= 15 is 0 Å². The van der Waals surface area contributed by atoms with Crippen molar-refractivity contribution in [3.63, 3.8) is 0 Å². The lowest BCUT2D eigenvalue weighted by molar-refractivity contribution is 0.498. The van der Waals surface area contributed by atoms with Crippen LogP contribution in [0.2, 0.25) is 0 Å². The third kappa shape index (κ3) is 5.91. The van der Waals surface area contributed by atoms with Crippen molar-refractivity contribution in [2.75, 3.05) is 0 Å². The van der Waals surface area contributed by atoms with Gasteiger partial charge in [0.2, 0.25) is 10.0 Å². The van der Waals surface area contributed by atoms with Gasteiger partial charge in [-0.1, -0.05) is 69.7 Å². The number of hydrogen-bond donors (Lipinski definition) is 2. The van der Waals surface area contributed by atoms with Gasteiger partial charge in [-0.2, -0.15) is 0 Å². The van der Waals surface area contributed by atoms with Crippen LogP contribution in [0.5, 0.6) is 0 Å². The Morgan fingerprint density at radius 3 is 1.44 bits per heavy atom. The summed E-state index contributed by atoms with van der Waals surface area (Å²) in [7, 11) is -3.81. The van der Waals surface area contributed by atoms with Crippen LogP contribution in [0.15, 0.2) is 53.4 Å². The van der Waals surface area contributed by atoms with Crippen molar-refractivity contribution >= 4 is 10.0 Å². The fourth-order valence-electron chi connectivity index (χ4n) is 5.13. The monoisotopic (exact) mass is 506 g/mol. The first-order chi connectivity index (χ1) is 16.7. The lowest BCUT2D eigenvalue weighted by atomic mass is 9.83. The number of rotatable bonds is 8. The van der Waals surface area contributed by atoms with Crippen molar-refractivity contribution in [1.29, 1.82) is 0 Å². The van der Waals surface area contributed by atoms with Gasteiger partial charge in [-0.15, -0.1) is 0 Å². The van der Waals surface area contributed by atoms with Gasteiger partial charge in [-0.3, -0.25) is 0 Å². The molecule has 0 spiro atoms. The summed E-state index contributed by atoms with van der Waals surface area (Å²) in [6.07, 6.45) is 0. The van der Waals surface area contributed by atoms with E-state index in [1.807, 2.05) is 19.1 Å². The number of nitrogens with two attached hydrogens (primary N) is 1. The van der Waals surface area contributed by atoms with Crippen molar-refractivity contribution in [2.24, 2.45) is 5.73 Å². The molecular weight excluding hydrogens is 464 g/mol. The topological polar surface area (TPSA) is 72.2 Å². The van der Waals surface area contributed by atoms with Crippen LogP contribution in [0.1, 0.15) is 102 Å². The highest BCUT2D eigenvalue weighted by Gasteiger charge is 2.31. The second kappa shape index (κ2) is 10.9. The van der Waals surface area contributed by atoms with Gasteiger partial charge in [0, 0.05) is 0 Å². The maximum absolute atomic E-state index is 13.6. The first kappa shape index (κ1) is 28.1. The third-order valence-corrected chi connectivity index (χ3v) is 8.64. The average Bonchev–Trinajstić information content (AvgIpc) is 2.77. The summed E-state index contributed by atoms with van der Waals surface area (Å²) in [4.78, 5) is 0.239. The highest BCUT2D eigenvalue weighted by atomic mass is 32.2. The summed E-state index contributed by atoms with van der Waals surface area (Å²) >= 11 is 0. The lowest BCUT2D eigenvalue weighted by Gasteiger charge is -2.31. The zero-order valence-corrected chi connectivity index (χ0v) is 24.0. The molecule has 0 aliphatic heterocycles. The summed E-state index contributed by atoms with van der Waals surface area (Å²) in [6.45, 7) is 18.9. The minimum Gasteiger partial charge on any atom is -0.322 e. The van der Waals surface area contributed by atoms with Crippen LogP contribution in [0.25, 0.3) is 0 Å². The van der Waals surface area contributed by atoms with Gasteiger partial charge in [0.05, 0.1) is 17.0 Å². The lowest BCUT2D eigenvalue weighted by Crippen LogP contribution is -2.37. The Morgan fingerprint density at radius 1 is 0.667 bits per heavy atom. The van der Waals surface area contributed by atoms with E-state index in [4.69, 9.17) is 5.73 Å². The Labute approximate surface area is 218 Å². The van der Waals surface area contributed by atoms with Crippen molar-refractivity contribution in [3.8, 4) is 0 Å². The van der Waals surface area contributed by atoms with Gasteiger partial charge in [-0.25, -0.2) is 13.1 Å². The molecule has 3 rings (SSSR count). The minimum atomic E-state index is -3.81. The molecule has 3 aromatic rings. The quantitative estimate of drug-likeness (QED) is 0.339. The molecule has 0 radical (unpaired) electrons. The van der Waals surface area contributed by atoms with E-state index < -0.39 is 22.1 Å². The summed E-state index contributed by atoms with van der Waals surface area (Å²) in [6, 6.07) is 14.4. The number of hydrogen-bond acceptors (Lipinski definition) is 3. The van der Waals surface area contributed by atoms with Gasteiger partial charge < -0.3 is 5.73 Å². The van der Waals surface area contributed by atoms with Crippen LogP contribution in [0.3, 0.4) is 0 Å². The maximum atomic E-state index is 13.6. The van der Waals surface area contributed by atoms with Crippen LogP contribution in [-0.4, -0.2) is 8.42 Å². The molecule has 0 heterocycles. The smallest absolute Gasteiger partial charge is 0.241 e. The molecule has 0 fully saturated rings. The van der Waals surface area contributed by atoms with E-state index in [1.165, 1.54) is 11.1 Å². The first-order valence-electron chi connectivity index (χ1n) is 12.8. The normalized spacial score (nSPS) is 13.9. The second-order valence-corrected chi connectivity index (χ2v) is 12.6. The molecule has 3 aromatic carbocycles. The van der Waals surface area contributed by atoms with E-state index in [2.05, 4.69) is 84.4 Å².